The molecule has 0 amide bonds. The lowest BCUT2D eigenvalue weighted by atomic mass is 9.97. The Morgan fingerprint density at radius 1 is 0.810 bits per heavy atom. The minimum absolute atomic E-state index is 0.179. The van der Waals surface area contributed by atoms with Gasteiger partial charge in [-0.1, -0.05) is 13.0 Å². The summed E-state index contributed by atoms with van der Waals surface area (Å²) in [6.45, 7) is 2.08. The summed E-state index contributed by atoms with van der Waals surface area (Å²) >= 11 is 0. The minimum atomic E-state index is -1.31. The van der Waals surface area contributed by atoms with E-state index in [4.69, 9.17) is 0 Å². The van der Waals surface area contributed by atoms with Crippen molar-refractivity contribution in [2.75, 3.05) is 6.54 Å². The first kappa shape index (κ1) is 15.4. The van der Waals surface area contributed by atoms with Gasteiger partial charge in [0.25, 0.3) is 0 Å². The largest absolute Gasteiger partial charge is 0.306 e. The van der Waals surface area contributed by atoms with Crippen LogP contribution in [0, 0.1) is 29.1 Å². The third-order valence-corrected chi connectivity index (χ3v) is 3.04. The Bertz CT molecular complexity index is 657. The molecular formula is C15H12F5N. The van der Waals surface area contributed by atoms with Gasteiger partial charge in [-0.15, -0.1) is 0 Å². The zero-order chi connectivity index (χ0) is 15.6. The number of rotatable bonds is 4. The Kier molecular flexibility index (Phi) is 4.57. The first-order valence-corrected chi connectivity index (χ1v) is 6.26. The second kappa shape index (κ2) is 6.22. The molecule has 6 heteroatoms. The van der Waals surface area contributed by atoms with Gasteiger partial charge in [-0.05, 0) is 30.3 Å². The highest BCUT2D eigenvalue weighted by Gasteiger charge is 2.21. The number of halogens is 5. The van der Waals surface area contributed by atoms with Crippen LogP contribution in [0.3, 0.4) is 0 Å². The average molecular weight is 301 g/mol. The van der Waals surface area contributed by atoms with Crippen LogP contribution in [0.25, 0.3) is 0 Å². The van der Waals surface area contributed by atoms with Gasteiger partial charge < -0.3 is 5.32 Å². The highest BCUT2D eigenvalue weighted by Crippen LogP contribution is 2.27. The van der Waals surface area contributed by atoms with E-state index >= 15 is 0 Å². The smallest absolute Gasteiger partial charge is 0.161 e. The van der Waals surface area contributed by atoms with Crippen LogP contribution in [0.5, 0.6) is 0 Å². The van der Waals surface area contributed by atoms with Crippen LogP contribution < -0.4 is 5.32 Å². The molecule has 112 valence electrons. The van der Waals surface area contributed by atoms with Crippen LogP contribution in [-0.2, 0) is 0 Å². The van der Waals surface area contributed by atoms with Gasteiger partial charge in [0.1, 0.15) is 5.82 Å². The van der Waals surface area contributed by atoms with Crippen molar-refractivity contribution < 1.29 is 22.0 Å². The predicted molar refractivity (Wildman–Crippen MR) is 68.2 cm³/mol. The summed E-state index contributed by atoms with van der Waals surface area (Å²) in [7, 11) is 0. The maximum Gasteiger partial charge on any atom is 0.161 e. The molecule has 0 aliphatic rings. The molecule has 0 saturated heterocycles. The van der Waals surface area contributed by atoms with Crippen molar-refractivity contribution in [2.45, 2.75) is 13.0 Å². The Morgan fingerprint density at radius 2 is 1.43 bits per heavy atom. The van der Waals surface area contributed by atoms with Gasteiger partial charge in [0.15, 0.2) is 23.3 Å². The summed E-state index contributed by atoms with van der Waals surface area (Å²) in [5.41, 5.74) is 0.0300. The van der Waals surface area contributed by atoms with Crippen molar-refractivity contribution in [3.05, 3.63) is 70.5 Å². The fraction of sp³-hybridized carbons (Fsp3) is 0.200. The van der Waals surface area contributed by atoms with E-state index in [9.17, 15) is 22.0 Å². The van der Waals surface area contributed by atoms with Gasteiger partial charge in [0.05, 0.1) is 6.04 Å². The van der Waals surface area contributed by atoms with Crippen LogP contribution >= 0.6 is 0 Å². The first-order valence-electron chi connectivity index (χ1n) is 6.26. The van der Waals surface area contributed by atoms with Crippen molar-refractivity contribution in [1.29, 1.82) is 0 Å². The van der Waals surface area contributed by atoms with E-state index in [-0.39, 0.29) is 11.1 Å². The first-order chi connectivity index (χ1) is 9.93. The third-order valence-electron chi connectivity index (χ3n) is 3.04. The van der Waals surface area contributed by atoms with Crippen molar-refractivity contribution in [3.8, 4) is 0 Å². The lowest BCUT2D eigenvalue weighted by Crippen LogP contribution is -2.23. The van der Waals surface area contributed by atoms with Gasteiger partial charge in [-0.25, -0.2) is 22.0 Å². The van der Waals surface area contributed by atoms with E-state index in [1.165, 1.54) is 6.07 Å². The highest BCUT2D eigenvalue weighted by atomic mass is 19.2. The van der Waals surface area contributed by atoms with Gasteiger partial charge in [-0.2, -0.15) is 0 Å². The van der Waals surface area contributed by atoms with Gasteiger partial charge in [0, 0.05) is 11.6 Å². The van der Waals surface area contributed by atoms with E-state index in [0.29, 0.717) is 18.7 Å². The molecule has 1 N–H and O–H groups in total. The molecule has 2 rings (SSSR count). The molecule has 2 aromatic carbocycles. The Labute approximate surface area is 118 Å². The molecule has 21 heavy (non-hydrogen) atoms. The van der Waals surface area contributed by atoms with Crippen molar-refractivity contribution in [2.24, 2.45) is 0 Å². The molecule has 0 aliphatic carbocycles. The number of hydrogen-bond acceptors (Lipinski definition) is 1. The van der Waals surface area contributed by atoms with Gasteiger partial charge in [-0.3, -0.25) is 0 Å². The monoisotopic (exact) mass is 301 g/mol. The number of nitrogens with one attached hydrogen (secondary N) is 1. The molecule has 1 unspecified atom stereocenters. The van der Waals surface area contributed by atoms with Crippen LogP contribution in [0.15, 0.2) is 30.3 Å². The minimum Gasteiger partial charge on any atom is -0.306 e. The summed E-state index contributed by atoms with van der Waals surface area (Å²) in [6, 6.07) is 3.26. The summed E-state index contributed by atoms with van der Waals surface area (Å²) in [5, 5.41) is 2.83. The van der Waals surface area contributed by atoms with Gasteiger partial charge >= 0.3 is 0 Å². The second-order valence-electron chi connectivity index (χ2n) is 4.45. The van der Waals surface area contributed by atoms with E-state index in [1.807, 2.05) is 0 Å². The lowest BCUT2D eigenvalue weighted by Gasteiger charge is -2.20. The standard InChI is InChI=1S/C15H12F5N/c1-2-21-15(8-3-4-10(16)12(18)5-8)9-6-13(19)14(20)7-11(9)17/h3-7,15,21H,2H2,1H3. The molecule has 0 saturated carbocycles. The molecule has 2 aromatic rings. The third kappa shape index (κ3) is 3.21. The predicted octanol–water partition coefficient (Wildman–Crippen LogP) is 4.08. The van der Waals surface area contributed by atoms with E-state index < -0.39 is 35.1 Å². The van der Waals surface area contributed by atoms with E-state index in [0.717, 1.165) is 12.1 Å². The molecule has 0 aliphatic heterocycles. The summed E-state index contributed by atoms with van der Waals surface area (Å²) < 4.78 is 66.4. The molecule has 1 nitrogen and oxygen atoms in total. The SMILES string of the molecule is CCNC(c1ccc(F)c(F)c1)c1cc(F)c(F)cc1F. The van der Waals surface area contributed by atoms with Crippen LogP contribution in [-0.4, -0.2) is 6.54 Å². The average Bonchev–Trinajstić information content (AvgIpc) is 2.44. The van der Waals surface area contributed by atoms with Crippen molar-refractivity contribution >= 4 is 0 Å². The lowest BCUT2D eigenvalue weighted by molar-refractivity contribution is 0.478. The molecule has 0 fully saturated rings. The van der Waals surface area contributed by atoms with E-state index in [2.05, 4.69) is 5.32 Å². The summed E-state index contributed by atoms with van der Waals surface area (Å²) in [5.74, 6) is -5.63. The molecule has 1 atom stereocenters. The molecule has 0 aromatic heterocycles. The molecule has 0 heterocycles. The Hall–Kier alpha value is -1.95. The quantitative estimate of drug-likeness (QED) is 0.663. The van der Waals surface area contributed by atoms with Crippen molar-refractivity contribution in [1.82, 2.24) is 5.32 Å². The number of benzene rings is 2. The number of hydrogen-bond donors (Lipinski definition) is 1. The fourth-order valence-corrected chi connectivity index (χ4v) is 2.06. The second-order valence-corrected chi connectivity index (χ2v) is 4.45. The van der Waals surface area contributed by atoms with E-state index in [1.54, 1.807) is 6.92 Å². The topological polar surface area (TPSA) is 12.0 Å². The zero-order valence-corrected chi connectivity index (χ0v) is 11.1. The van der Waals surface area contributed by atoms with Crippen LogP contribution in [0.1, 0.15) is 24.1 Å². The molecule has 0 radical (unpaired) electrons. The molecular weight excluding hydrogens is 289 g/mol. The van der Waals surface area contributed by atoms with Crippen LogP contribution in [0.4, 0.5) is 22.0 Å². The summed E-state index contributed by atoms with van der Waals surface area (Å²) in [6.07, 6.45) is 0. The Balaban J connectivity index is 2.52. The van der Waals surface area contributed by atoms with Crippen LogP contribution in [0.2, 0.25) is 0 Å². The molecule has 0 bridgehead atoms. The molecule has 0 spiro atoms. The highest BCUT2D eigenvalue weighted by molar-refractivity contribution is 5.34. The maximum atomic E-state index is 13.9. The fourth-order valence-electron chi connectivity index (χ4n) is 2.06. The zero-order valence-electron chi connectivity index (χ0n) is 11.1. The van der Waals surface area contributed by atoms with Crippen molar-refractivity contribution in [3.63, 3.8) is 0 Å². The maximum absolute atomic E-state index is 13.9. The summed E-state index contributed by atoms with van der Waals surface area (Å²) in [4.78, 5) is 0. The van der Waals surface area contributed by atoms with Gasteiger partial charge in [0.2, 0.25) is 0 Å². The Morgan fingerprint density at radius 3 is 2.05 bits per heavy atom. The normalized spacial score (nSPS) is 12.5.